The molecule has 0 bridgehead atoms. The summed E-state index contributed by atoms with van der Waals surface area (Å²) in [5.41, 5.74) is 5.27. The van der Waals surface area contributed by atoms with Crippen LogP contribution >= 0.6 is 0 Å². The minimum Gasteiger partial charge on any atom is -0.507 e. The molecule has 0 aromatic heterocycles. The summed E-state index contributed by atoms with van der Waals surface area (Å²) in [6.07, 6.45) is 1.11. The highest BCUT2D eigenvalue weighted by molar-refractivity contribution is 6.08. The van der Waals surface area contributed by atoms with Crippen LogP contribution in [0.5, 0.6) is 0 Å². The number of nitrogens with two attached hydrogens (primary N) is 1. The first-order valence-electron chi connectivity index (χ1n) is 5.25. The lowest BCUT2D eigenvalue weighted by molar-refractivity contribution is -0.136. The van der Waals surface area contributed by atoms with Crippen LogP contribution < -0.4 is 5.73 Å². The van der Waals surface area contributed by atoms with Gasteiger partial charge >= 0.3 is 5.97 Å². The second kappa shape index (κ2) is 5.44. The lowest BCUT2D eigenvalue weighted by Crippen LogP contribution is -2.35. The van der Waals surface area contributed by atoms with Crippen molar-refractivity contribution in [2.24, 2.45) is 5.73 Å². The molecule has 0 radical (unpaired) electrons. The third kappa shape index (κ3) is 2.25. The molecule has 0 spiro atoms. The van der Waals surface area contributed by atoms with Crippen molar-refractivity contribution in [3.05, 3.63) is 28.6 Å². The topological polar surface area (TPSA) is 107 Å². The Morgan fingerprint density at radius 1 is 1.56 bits per heavy atom. The van der Waals surface area contributed by atoms with Crippen LogP contribution in [0, 0.1) is 0 Å². The quantitative estimate of drug-likeness (QED) is 0.539. The summed E-state index contributed by atoms with van der Waals surface area (Å²) in [7, 11) is 1.14. The molecule has 0 heterocycles. The van der Waals surface area contributed by atoms with Crippen LogP contribution in [0.4, 0.5) is 0 Å². The minimum atomic E-state index is -1.17. The van der Waals surface area contributed by atoms with Gasteiger partial charge in [-0.3, -0.25) is 4.79 Å². The zero-order valence-electron chi connectivity index (χ0n) is 10.0. The van der Waals surface area contributed by atoms with E-state index in [1.165, 1.54) is 5.94 Å². The lowest BCUT2D eigenvalue weighted by atomic mass is 9.85. The number of ketones is 1. The Morgan fingerprint density at radius 2 is 2.17 bits per heavy atom. The Balaban J connectivity index is 3.50. The summed E-state index contributed by atoms with van der Waals surface area (Å²) >= 11 is 0. The molecule has 0 aliphatic heterocycles. The molecule has 0 aromatic rings. The Kier molecular flexibility index (Phi) is 4.20. The number of rotatable bonds is 3. The molecule has 1 rings (SSSR count). The Hall–Kier alpha value is -2.17. The van der Waals surface area contributed by atoms with Crippen molar-refractivity contribution in [3.8, 4) is 0 Å². The van der Waals surface area contributed by atoms with Crippen molar-refractivity contribution in [3.63, 3.8) is 0 Å². The van der Waals surface area contributed by atoms with Gasteiger partial charge in [0.05, 0.1) is 24.3 Å². The number of aliphatic hydroxyl groups excluding tert-OH is 1. The molecule has 1 atom stereocenters. The Morgan fingerprint density at radius 3 is 2.61 bits per heavy atom. The number of ether oxygens (including phenoxy) is 1. The highest BCUT2D eigenvalue weighted by Crippen LogP contribution is 2.27. The summed E-state index contributed by atoms with van der Waals surface area (Å²) < 4.78 is 4.51. The fourth-order valence-corrected chi connectivity index (χ4v) is 1.67. The highest BCUT2D eigenvalue weighted by Gasteiger charge is 2.33. The van der Waals surface area contributed by atoms with E-state index in [0.717, 1.165) is 13.2 Å². The largest absolute Gasteiger partial charge is 0.507 e. The van der Waals surface area contributed by atoms with Gasteiger partial charge in [-0.1, -0.05) is 6.92 Å². The first kappa shape index (κ1) is 13.9. The lowest BCUT2D eigenvalue weighted by Gasteiger charge is -2.22. The Labute approximate surface area is 103 Å². The van der Waals surface area contributed by atoms with E-state index in [-0.39, 0.29) is 28.9 Å². The second-order valence-corrected chi connectivity index (χ2v) is 3.62. The number of Topliss-reactive ketones (excluding diaryl/α,β-unsaturated/α-hetero) is 1. The first-order chi connectivity index (χ1) is 8.47. The molecule has 0 aromatic carbocycles. The van der Waals surface area contributed by atoms with E-state index in [1.807, 2.05) is 0 Å². The molecule has 0 amide bonds. The van der Waals surface area contributed by atoms with Crippen LogP contribution in [-0.4, -0.2) is 36.0 Å². The van der Waals surface area contributed by atoms with E-state index < -0.39 is 17.8 Å². The van der Waals surface area contributed by atoms with E-state index in [1.54, 1.807) is 6.92 Å². The molecular weight excluding hydrogens is 238 g/mol. The average molecular weight is 251 g/mol. The molecule has 1 unspecified atom stereocenters. The summed E-state index contributed by atoms with van der Waals surface area (Å²) in [6, 6.07) is -1.17. The van der Waals surface area contributed by atoms with Gasteiger partial charge < -0.3 is 15.6 Å². The van der Waals surface area contributed by atoms with E-state index in [4.69, 9.17) is 5.73 Å². The average Bonchev–Trinajstić information content (AvgIpc) is 2.36. The normalized spacial score (nSPS) is 19.2. The summed E-state index contributed by atoms with van der Waals surface area (Å²) in [5, 5.41) is 9.55. The van der Waals surface area contributed by atoms with Gasteiger partial charge in [-0.2, -0.15) is 0 Å². The standard InChI is InChI=1S/C12H13NO5/c1-3-8(15)10-6(12(17)18-2)4-9(16)7(5-14)11(10)13/h4,11,16H,3,13H2,1-2H3. The van der Waals surface area contributed by atoms with Gasteiger partial charge in [0.2, 0.25) is 0 Å². The highest BCUT2D eigenvalue weighted by atomic mass is 16.5. The van der Waals surface area contributed by atoms with Crippen LogP contribution in [-0.2, 0) is 19.1 Å². The van der Waals surface area contributed by atoms with Crippen molar-refractivity contribution in [1.82, 2.24) is 0 Å². The molecule has 3 N–H and O–H groups in total. The van der Waals surface area contributed by atoms with E-state index in [0.29, 0.717) is 0 Å². The van der Waals surface area contributed by atoms with Crippen molar-refractivity contribution in [2.75, 3.05) is 7.11 Å². The van der Waals surface area contributed by atoms with Gasteiger partial charge in [0.25, 0.3) is 0 Å². The molecule has 1 aliphatic carbocycles. The van der Waals surface area contributed by atoms with Gasteiger partial charge in [0.15, 0.2) is 5.78 Å². The van der Waals surface area contributed by atoms with Crippen LogP contribution in [0.25, 0.3) is 0 Å². The number of hydrogen-bond donors (Lipinski definition) is 2. The number of methoxy groups -OCH3 is 1. The molecule has 0 saturated heterocycles. The second-order valence-electron chi connectivity index (χ2n) is 3.62. The smallest absolute Gasteiger partial charge is 0.338 e. The molecule has 6 heteroatoms. The minimum absolute atomic E-state index is 0.0412. The maximum absolute atomic E-state index is 11.8. The van der Waals surface area contributed by atoms with E-state index in [2.05, 4.69) is 4.74 Å². The van der Waals surface area contributed by atoms with Crippen molar-refractivity contribution in [1.29, 1.82) is 0 Å². The van der Waals surface area contributed by atoms with Gasteiger partial charge in [-0.15, -0.1) is 0 Å². The molecule has 1 aliphatic rings. The van der Waals surface area contributed by atoms with E-state index >= 15 is 0 Å². The van der Waals surface area contributed by atoms with Gasteiger partial charge in [0, 0.05) is 12.0 Å². The fraction of sp³-hybridized carbons (Fsp3) is 0.333. The summed E-state index contributed by atoms with van der Waals surface area (Å²) in [6.45, 7) is 1.60. The number of esters is 1. The van der Waals surface area contributed by atoms with Gasteiger partial charge in [-0.05, 0) is 6.08 Å². The SMILES string of the molecule is CCC(=O)C1=C(C(=O)OC)C=C(O)C(=C=O)C1N. The van der Waals surface area contributed by atoms with Gasteiger partial charge in [0.1, 0.15) is 11.7 Å². The molecule has 18 heavy (non-hydrogen) atoms. The third-order valence-electron chi connectivity index (χ3n) is 2.61. The zero-order chi connectivity index (χ0) is 13.9. The first-order valence-corrected chi connectivity index (χ1v) is 5.25. The van der Waals surface area contributed by atoms with Gasteiger partial charge in [-0.25, -0.2) is 9.59 Å². The molecule has 0 saturated carbocycles. The van der Waals surface area contributed by atoms with Crippen LogP contribution in [0.3, 0.4) is 0 Å². The van der Waals surface area contributed by atoms with Crippen LogP contribution in [0.15, 0.2) is 28.6 Å². The fourth-order valence-electron chi connectivity index (χ4n) is 1.67. The van der Waals surface area contributed by atoms with Crippen LogP contribution in [0.1, 0.15) is 13.3 Å². The molecular formula is C12H13NO5. The number of hydrogen-bond acceptors (Lipinski definition) is 6. The predicted molar refractivity (Wildman–Crippen MR) is 62.2 cm³/mol. The van der Waals surface area contributed by atoms with Crippen LogP contribution in [0.2, 0.25) is 0 Å². The van der Waals surface area contributed by atoms with E-state index in [9.17, 15) is 19.5 Å². The maximum atomic E-state index is 11.8. The molecule has 96 valence electrons. The van der Waals surface area contributed by atoms with Crippen molar-refractivity contribution in [2.45, 2.75) is 19.4 Å². The monoisotopic (exact) mass is 251 g/mol. The van der Waals surface area contributed by atoms with Crippen molar-refractivity contribution < 1.29 is 24.2 Å². The number of aliphatic hydroxyl groups is 1. The Bertz CT molecular complexity index is 509. The predicted octanol–water partition coefficient (Wildman–Crippen LogP) is -0.0241. The summed E-state index contributed by atoms with van der Waals surface area (Å²) in [5.74, 6) is -0.188. The number of carbonyl (C=O) groups is 2. The molecule has 0 fully saturated rings. The maximum Gasteiger partial charge on any atom is 0.338 e. The number of carbonyl (C=O) groups excluding carboxylic acids is 3. The van der Waals surface area contributed by atoms with Crippen molar-refractivity contribution >= 4 is 17.7 Å². The zero-order valence-corrected chi connectivity index (χ0v) is 10.0. The third-order valence-corrected chi connectivity index (χ3v) is 2.61. The molecule has 6 nitrogen and oxygen atoms in total. The summed E-state index contributed by atoms with van der Waals surface area (Å²) in [4.78, 5) is 34.0.